The van der Waals surface area contributed by atoms with Crippen LogP contribution in [0.15, 0.2) is 72.8 Å². The number of benzene rings is 3. The number of carboxylic acid groups (broad SMARTS) is 1. The van der Waals surface area contributed by atoms with Crippen LogP contribution in [0.4, 0.5) is 11.4 Å². The summed E-state index contributed by atoms with van der Waals surface area (Å²) in [6.07, 6.45) is -0.856. The Bertz CT molecular complexity index is 973. The molecule has 1 heterocycles. The van der Waals surface area contributed by atoms with Crippen molar-refractivity contribution in [1.82, 2.24) is 0 Å². The summed E-state index contributed by atoms with van der Waals surface area (Å²) in [5.41, 5.74) is 2.87. The molecule has 6 nitrogen and oxygen atoms in total. The molecule has 0 radical (unpaired) electrons. The first kappa shape index (κ1) is 19.8. The van der Waals surface area contributed by atoms with E-state index in [0.717, 1.165) is 34.2 Å². The molecule has 0 bridgehead atoms. The van der Waals surface area contributed by atoms with Crippen molar-refractivity contribution in [3.63, 3.8) is 0 Å². The van der Waals surface area contributed by atoms with Crippen LogP contribution in [0.5, 0.6) is 17.2 Å². The van der Waals surface area contributed by atoms with Crippen LogP contribution in [-0.4, -0.2) is 35.4 Å². The largest absolute Gasteiger partial charge is 0.492 e. The van der Waals surface area contributed by atoms with Gasteiger partial charge in [0.25, 0.3) is 0 Å². The maximum absolute atomic E-state index is 10.7. The van der Waals surface area contributed by atoms with Gasteiger partial charge in [0.1, 0.15) is 12.4 Å². The summed E-state index contributed by atoms with van der Waals surface area (Å²) in [5, 5.41) is 18.5. The van der Waals surface area contributed by atoms with Gasteiger partial charge in [-0.2, -0.15) is 0 Å². The van der Waals surface area contributed by atoms with Crippen LogP contribution in [-0.2, 0) is 11.2 Å². The highest BCUT2D eigenvalue weighted by Crippen LogP contribution is 2.45. The predicted octanol–water partition coefficient (Wildman–Crippen LogP) is 4.39. The lowest BCUT2D eigenvalue weighted by atomic mass is 10.1. The lowest BCUT2D eigenvalue weighted by Crippen LogP contribution is -2.26. The molecule has 154 valence electrons. The van der Waals surface area contributed by atoms with E-state index in [9.17, 15) is 9.90 Å². The van der Waals surface area contributed by atoms with Crippen LogP contribution in [0.25, 0.3) is 0 Å². The molecule has 3 aromatic carbocycles. The number of anilines is 2. The molecule has 0 saturated carbocycles. The topological polar surface area (TPSA) is 79.2 Å². The van der Waals surface area contributed by atoms with Crippen LogP contribution in [0, 0.1) is 0 Å². The lowest BCUT2D eigenvalue weighted by Gasteiger charge is -2.32. The fraction of sp³-hybridized carbons (Fsp3) is 0.208. The van der Waals surface area contributed by atoms with E-state index in [1.807, 2.05) is 72.8 Å². The molecule has 1 atom stereocenters. The minimum atomic E-state index is -1.01. The molecule has 0 amide bonds. The average Bonchev–Trinajstić information content (AvgIpc) is 2.74. The number of ether oxygens (including phenoxy) is 2. The first-order valence-electron chi connectivity index (χ1n) is 9.85. The average molecular weight is 405 g/mol. The molecule has 1 unspecified atom stereocenters. The van der Waals surface area contributed by atoms with Gasteiger partial charge in [-0.25, -0.2) is 0 Å². The van der Waals surface area contributed by atoms with Crippen molar-refractivity contribution in [2.24, 2.45) is 0 Å². The Balaban J connectivity index is 1.38. The number of carbonyl (C=O) groups is 1. The maximum Gasteiger partial charge on any atom is 0.305 e. The molecule has 0 fully saturated rings. The standard InChI is InChI=1S/C24H23NO5/c26-18(16-24(27)28)15-17-9-11-19(12-10-17)29-14-13-25-20-5-1-3-7-22(20)30-23-8-4-2-6-21(23)25/h1-12,18,26H,13-16H2,(H,27,28). The smallest absolute Gasteiger partial charge is 0.305 e. The van der Waals surface area contributed by atoms with Gasteiger partial charge in [0.2, 0.25) is 0 Å². The summed E-state index contributed by atoms with van der Waals surface area (Å²) < 4.78 is 11.9. The van der Waals surface area contributed by atoms with Gasteiger partial charge in [-0.1, -0.05) is 36.4 Å². The van der Waals surface area contributed by atoms with Crippen molar-refractivity contribution in [3.8, 4) is 17.2 Å². The number of aliphatic hydroxyl groups excluding tert-OH is 1. The van der Waals surface area contributed by atoms with Gasteiger partial charge in [0.05, 0.1) is 30.4 Å². The normalized spacial score (nSPS) is 13.0. The highest BCUT2D eigenvalue weighted by atomic mass is 16.5. The quantitative estimate of drug-likeness (QED) is 0.579. The predicted molar refractivity (Wildman–Crippen MR) is 114 cm³/mol. The number of carboxylic acids is 1. The van der Waals surface area contributed by atoms with Crippen LogP contribution in [0.2, 0.25) is 0 Å². The Morgan fingerprint density at radius 3 is 2.13 bits per heavy atom. The van der Waals surface area contributed by atoms with E-state index >= 15 is 0 Å². The molecule has 30 heavy (non-hydrogen) atoms. The molecule has 0 aromatic heterocycles. The van der Waals surface area contributed by atoms with E-state index in [4.69, 9.17) is 14.6 Å². The minimum absolute atomic E-state index is 0.263. The van der Waals surface area contributed by atoms with Crippen molar-refractivity contribution in [2.45, 2.75) is 18.9 Å². The molecule has 2 N–H and O–H groups in total. The fourth-order valence-corrected chi connectivity index (χ4v) is 3.54. The Morgan fingerprint density at radius 2 is 1.53 bits per heavy atom. The number of nitrogens with zero attached hydrogens (tertiary/aromatic N) is 1. The van der Waals surface area contributed by atoms with Crippen LogP contribution < -0.4 is 14.4 Å². The van der Waals surface area contributed by atoms with Crippen LogP contribution >= 0.6 is 0 Å². The van der Waals surface area contributed by atoms with Crippen molar-refractivity contribution in [3.05, 3.63) is 78.4 Å². The molecule has 0 saturated heterocycles. The van der Waals surface area contributed by atoms with Crippen molar-refractivity contribution < 1.29 is 24.5 Å². The molecule has 6 heteroatoms. The lowest BCUT2D eigenvalue weighted by molar-refractivity contribution is -0.139. The summed E-state index contributed by atoms with van der Waals surface area (Å²) in [6, 6.07) is 23.2. The van der Waals surface area contributed by atoms with E-state index in [1.54, 1.807) is 0 Å². The second-order valence-corrected chi connectivity index (χ2v) is 7.14. The van der Waals surface area contributed by atoms with E-state index in [0.29, 0.717) is 19.6 Å². The third-order valence-electron chi connectivity index (χ3n) is 4.92. The zero-order chi connectivity index (χ0) is 20.9. The fourth-order valence-electron chi connectivity index (χ4n) is 3.54. The Morgan fingerprint density at radius 1 is 0.933 bits per heavy atom. The van der Waals surface area contributed by atoms with Gasteiger partial charge in [0, 0.05) is 0 Å². The third-order valence-corrected chi connectivity index (χ3v) is 4.92. The highest BCUT2D eigenvalue weighted by molar-refractivity contribution is 5.77. The summed E-state index contributed by atoms with van der Waals surface area (Å²) in [7, 11) is 0. The highest BCUT2D eigenvalue weighted by Gasteiger charge is 2.23. The summed E-state index contributed by atoms with van der Waals surface area (Å²) >= 11 is 0. The zero-order valence-electron chi connectivity index (χ0n) is 16.4. The van der Waals surface area contributed by atoms with E-state index in [-0.39, 0.29) is 6.42 Å². The second-order valence-electron chi connectivity index (χ2n) is 7.14. The third kappa shape index (κ3) is 4.55. The van der Waals surface area contributed by atoms with E-state index in [2.05, 4.69) is 4.90 Å². The number of hydrogen-bond acceptors (Lipinski definition) is 5. The second kappa shape index (κ2) is 8.88. The summed E-state index contributed by atoms with van der Waals surface area (Å²) in [6.45, 7) is 1.13. The zero-order valence-corrected chi connectivity index (χ0v) is 16.4. The Kier molecular flexibility index (Phi) is 5.86. The van der Waals surface area contributed by atoms with Crippen molar-refractivity contribution in [1.29, 1.82) is 0 Å². The van der Waals surface area contributed by atoms with Gasteiger partial charge < -0.3 is 24.6 Å². The van der Waals surface area contributed by atoms with Gasteiger partial charge in [-0.3, -0.25) is 4.79 Å². The first-order chi connectivity index (χ1) is 14.6. The maximum atomic E-state index is 10.7. The van der Waals surface area contributed by atoms with E-state index < -0.39 is 12.1 Å². The molecular weight excluding hydrogens is 382 g/mol. The number of aliphatic carboxylic acids is 1. The monoisotopic (exact) mass is 405 g/mol. The van der Waals surface area contributed by atoms with Crippen LogP contribution in [0.3, 0.4) is 0 Å². The molecule has 1 aliphatic heterocycles. The van der Waals surface area contributed by atoms with Gasteiger partial charge in [0.15, 0.2) is 11.5 Å². The number of rotatable bonds is 8. The number of hydrogen-bond donors (Lipinski definition) is 2. The minimum Gasteiger partial charge on any atom is -0.492 e. The number of fused-ring (bicyclic) bond motifs is 2. The van der Waals surface area contributed by atoms with Gasteiger partial charge in [-0.15, -0.1) is 0 Å². The number of aliphatic hydroxyl groups is 1. The molecule has 0 aliphatic carbocycles. The molecule has 1 aliphatic rings. The molecule has 0 spiro atoms. The summed E-state index contributed by atoms with van der Waals surface area (Å²) in [4.78, 5) is 12.9. The molecular formula is C24H23NO5. The summed E-state index contributed by atoms with van der Waals surface area (Å²) in [5.74, 6) is 1.36. The molecule has 3 aromatic rings. The molecule has 4 rings (SSSR count). The van der Waals surface area contributed by atoms with Crippen molar-refractivity contribution in [2.75, 3.05) is 18.1 Å². The van der Waals surface area contributed by atoms with Gasteiger partial charge in [-0.05, 0) is 48.4 Å². The SMILES string of the molecule is O=C(O)CC(O)Cc1ccc(OCCN2c3ccccc3Oc3ccccc32)cc1. The van der Waals surface area contributed by atoms with Crippen molar-refractivity contribution >= 4 is 17.3 Å². The Labute approximate surface area is 174 Å². The van der Waals surface area contributed by atoms with E-state index in [1.165, 1.54) is 0 Å². The first-order valence-corrected chi connectivity index (χ1v) is 9.85. The Hall–Kier alpha value is -3.51. The van der Waals surface area contributed by atoms with Crippen LogP contribution in [0.1, 0.15) is 12.0 Å². The van der Waals surface area contributed by atoms with Gasteiger partial charge >= 0.3 is 5.97 Å². The number of para-hydroxylation sites is 4.